The van der Waals surface area contributed by atoms with Crippen molar-refractivity contribution in [2.45, 2.75) is 32.2 Å². The van der Waals surface area contributed by atoms with Crippen molar-refractivity contribution in [3.8, 4) is 24.0 Å². The Balaban J connectivity index is 1.76. The molecule has 2 amide bonds. The molecule has 0 aliphatic heterocycles. The van der Waals surface area contributed by atoms with Crippen molar-refractivity contribution in [1.29, 1.82) is 10.5 Å². The van der Waals surface area contributed by atoms with Gasteiger partial charge in [-0.3, -0.25) is 14.4 Å². The minimum atomic E-state index is -0.638. The van der Waals surface area contributed by atoms with E-state index < -0.39 is 11.9 Å². The third kappa shape index (κ3) is 7.47. The lowest BCUT2D eigenvalue weighted by Gasteiger charge is -2.16. The van der Waals surface area contributed by atoms with Crippen LogP contribution in [0.2, 0.25) is 0 Å². The second kappa shape index (κ2) is 12.4. The number of Topliss-reactive ketones (excluding diaryl/α,β-unsaturated/α-hetero) is 1. The van der Waals surface area contributed by atoms with Gasteiger partial charge in [0.1, 0.15) is 11.5 Å². The number of ether oxygens (including phenoxy) is 2. The van der Waals surface area contributed by atoms with Gasteiger partial charge in [0.2, 0.25) is 0 Å². The van der Waals surface area contributed by atoms with Gasteiger partial charge in [-0.15, -0.1) is 10.5 Å². The summed E-state index contributed by atoms with van der Waals surface area (Å²) in [7, 11) is 0. The van der Waals surface area contributed by atoms with E-state index in [4.69, 9.17) is 10.5 Å². The van der Waals surface area contributed by atoms with E-state index in [9.17, 15) is 14.4 Å². The molecule has 0 fully saturated rings. The Bertz CT molecular complexity index is 1020. The van der Waals surface area contributed by atoms with Gasteiger partial charge in [-0.2, -0.15) is 0 Å². The lowest BCUT2D eigenvalue weighted by molar-refractivity contribution is -0.119. The van der Waals surface area contributed by atoms with E-state index in [1.165, 1.54) is 43.3 Å². The van der Waals surface area contributed by atoms with Crippen LogP contribution in [0.25, 0.3) is 0 Å². The van der Waals surface area contributed by atoms with Gasteiger partial charge < -0.3 is 20.1 Å². The first-order chi connectivity index (χ1) is 15.4. The molecule has 0 radical (unpaired) electrons. The van der Waals surface area contributed by atoms with Gasteiger partial charge in [0.15, 0.2) is 5.78 Å². The molecule has 2 N–H and O–H groups in total. The molecule has 1 unspecified atom stereocenters. The first-order valence-electron chi connectivity index (χ1n) is 9.86. The molecule has 0 bridgehead atoms. The second-order valence-electron chi connectivity index (χ2n) is 6.82. The quantitative estimate of drug-likeness (QED) is 0.409. The fourth-order valence-electron chi connectivity index (χ4n) is 2.85. The molecule has 0 aromatic heterocycles. The minimum Gasteiger partial charge on any atom is -0.388 e. The minimum absolute atomic E-state index is 0.161. The number of nitrogens with zero attached hydrogens (tertiary/aromatic N) is 2. The standard InChI is InChI=1S/C23H22N4O5/c1-16(28)21(27-23(30)18-7-11-20(12-8-18)32-15-25)4-2-3-13-26-22(29)17-5-9-19(10-6-17)31-14-24/h5-12,21H,2-4,13H2,1H3,(H,26,29)(H,27,30). The number of amides is 2. The number of benzene rings is 2. The van der Waals surface area contributed by atoms with Gasteiger partial charge in [0.05, 0.1) is 6.04 Å². The molecule has 32 heavy (non-hydrogen) atoms. The molecule has 1 atom stereocenters. The number of rotatable bonds is 11. The van der Waals surface area contributed by atoms with Crippen LogP contribution in [0.1, 0.15) is 46.9 Å². The first-order valence-corrected chi connectivity index (χ1v) is 9.86. The van der Waals surface area contributed by atoms with E-state index in [1.807, 2.05) is 0 Å². The van der Waals surface area contributed by atoms with Crippen LogP contribution in [0, 0.1) is 23.0 Å². The summed E-state index contributed by atoms with van der Waals surface area (Å²) in [5, 5.41) is 22.4. The van der Waals surface area contributed by atoms with Crippen molar-refractivity contribution < 1.29 is 23.9 Å². The Hall–Kier alpha value is -4.37. The zero-order chi connectivity index (χ0) is 23.3. The van der Waals surface area contributed by atoms with Gasteiger partial charge in [-0.25, -0.2) is 0 Å². The fraction of sp³-hybridized carbons (Fsp3) is 0.261. The molecule has 0 heterocycles. The van der Waals surface area contributed by atoms with Crippen LogP contribution in [0.5, 0.6) is 11.5 Å². The highest BCUT2D eigenvalue weighted by molar-refractivity contribution is 5.97. The zero-order valence-corrected chi connectivity index (χ0v) is 17.5. The summed E-state index contributed by atoms with van der Waals surface area (Å²) in [5.74, 6) is -0.139. The maximum absolute atomic E-state index is 12.4. The number of carbonyl (C=O) groups excluding carboxylic acids is 3. The summed E-state index contributed by atoms with van der Waals surface area (Å²) in [6, 6.07) is 11.5. The van der Waals surface area contributed by atoms with E-state index in [0.717, 1.165) is 0 Å². The fourth-order valence-corrected chi connectivity index (χ4v) is 2.85. The molecule has 2 aromatic rings. The highest BCUT2D eigenvalue weighted by Crippen LogP contribution is 2.13. The van der Waals surface area contributed by atoms with Crippen LogP contribution in [0.4, 0.5) is 0 Å². The summed E-state index contributed by atoms with van der Waals surface area (Å²) in [4.78, 5) is 36.4. The van der Waals surface area contributed by atoms with Crippen molar-refractivity contribution in [1.82, 2.24) is 10.6 Å². The number of hydrogen-bond acceptors (Lipinski definition) is 7. The Morgan fingerprint density at radius 2 is 1.34 bits per heavy atom. The molecule has 2 rings (SSSR count). The molecule has 164 valence electrons. The number of unbranched alkanes of at least 4 members (excludes halogenated alkanes) is 1. The molecule has 0 saturated carbocycles. The number of ketones is 1. The van der Waals surface area contributed by atoms with Crippen molar-refractivity contribution in [2.75, 3.05) is 6.54 Å². The molecule has 0 saturated heterocycles. The Morgan fingerprint density at radius 3 is 1.81 bits per heavy atom. The highest BCUT2D eigenvalue weighted by Gasteiger charge is 2.18. The van der Waals surface area contributed by atoms with Gasteiger partial charge in [0.25, 0.3) is 24.3 Å². The summed E-state index contributed by atoms with van der Waals surface area (Å²) in [6.45, 7) is 1.82. The van der Waals surface area contributed by atoms with Crippen LogP contribution in [-0.4, -0.2) is 30.2 Å². The SMILES string of the molecule is CC(=O)C(CCCCNC(=O)c1ccc(OC#N)cc1)NC(=O)c1ccc(OC#N)cc1. The molecule has 0 spiro atoms. The molecule has 9 nitrogen and oxygen atoms in total. The van der Waals surface area contributed by atoms with Gasteiger partial charge >= 0.3 is 0 Å². The van der Waals surface area contributed by atoms with E-state index in [2.05, 4.69) is 20.1 Å². The predicted octanol–water partition coefficient (Wildman–Crippen LogP) is 2.69. The summed E-state index contributed by atoms with van der Waals surface area (Å²) < 4.78 is 9.33. The average molecular weight is 434 g/mol. The molecule has 0 aliphatic carbocycles. The normalized spacial score (nSPS) is 10.7. The van der Waals surface area contributed by atoms with Crippen LogP contribution in [0.3, 0.4) is 0 Å². The topological polar surface area (TPSA) is 141 Å². The summed E-state index contributed by atoms with van der Waals surface area (Å²) in [5.41, 5.74) is 0.787. The van der Waals surface area contributed by atoms with Gasteiger partial charge in [0, 0.05) is 17.7 Å². The maximum atomic E-state index is 12.4. The van der Waals surface area contributed by atoms with E-state index >= 15 is 0 Å². The molecule has 9 heteroatoms. The summed E-state index contributed by atoms with van der Waals surface area (Å²) >= 11 is 0. The lowest BCUT2D eigenvalue weighted by atomic mass is 10.1. The maximum Gasteiger partial charge on any atom is 0.292 e. The molecular weight excluding hydrogens is 412 g/mol. The third-order valence-corrected chi connectivity index (χ3v) is 4.56. The van der Waals surface area contributed by atoms with Crippen molar-refractivity contribution in [3.05, 3.63) is 59.7 Å². The monoisotopic (exact) mass is 434 g/mol. The van der Waals surface area contributed by atoms with E-state index in [0.29, 0.717) is 48.4 Å². The van der Waals surface area contributed by atoms with Crippen LogP contribution >= 0.6 is 0 Å². The zero-order valence-electron chi connectivity index (χ0n) is 17.5. The molecular formula is C23H22N4O5. The van der Waals surface area contributed by atoms with Crippen LogP contribution in [0.15, 0.2) is 48.5 Å². The highest BCUT2D eigenvalue weighted by atomic mass is 16.5. The number of nitrogens with one attached hydrogen (secondary N) is 2. The average Bonchev–Trinajstić information content (AvgIpc) is 2.79. The molecule has 2 aromatic carbocycles. The third-order valence-electron chi connectivity index (χ3n) is 4.56. The predicted molar refractivity (Wildman–Crippen MR) is 113 cm³/mol. The second-order valence-corrected chi connectivity index (χ2v) is 6.82. The van der Waals surface area contributed by atoms with E-state index in [1.54, 1.807) is 24.6 Å². The Morgan fingerprint density at radius 1 is 0.844 bits per heavy atom. The lowest BCUT2D eigenvalue weighted by Crippen LogP contribution is -2.39. The summed E-state index contributed by atoms with van der Waals surface area (Å²) in [6.07, 6.45) is 4.79. The Labute approximate surface area is 185 Å². The number of hydrogen-bond donors (Lipinski definition) is 2. The van der Waals surface area contributed by atoms with E-state index in [-0.39, 0.29) is 11.7 Å². The first kappa shape index (κ1) is 23.9. The number of nitriles is 2. The molecule has 0 aliphatic rings. The van der Waals surface area contributed by atoms with Crippen molar-refractivity contribution >= 4 is 17.6 Å². The van der Waals surface area contributed by atoms with Gasteiger partial charge in [-0.05, 0) is 74.7 Å². The van der Waals surface area contributed by atoms with Crippen LogP contribution < -0.4 is 20.1 Å². The van der Waals surface area contributed by atoms with Gasteiger partial charge in [-0.1, -0.05) is 0 Å². The Kier molecular flexibility index (Phi) is 9.23. The largest absolute Gasteiger partial charge is 0.388 e. The number of carbonyl (C=O) groups is 3. The van der Waals surface area contributed by atoms with Crippen molar-refractivity contribution in [3.63, 3.8) is 0 Å². The smallest absolute Gasteiger partial charge is 0.292 e. The van der Waals surface area contributed by atoms with Crippen molar-refractivity contribution in [2.24, 2.45) is 0 Å². The van der Waals surface area contributed by atoms with Crippen LogP contribution in [-0.2, 0) is 4.79 Å².